The molecular weight excluding hydrogens is 170 g/mol. The summed E-state index contributed by atoms with van der Waals surface area (Å²) in [6, 6.07) is 0.0950. The van der Waals surface area contributed by atoms with Crippen molar-refractivity contribution in [1.29, 1.82) is 0 Å². The smallest absolute Gasteiger partial charge is 0.407 e. The van der Waals surface area contributed by atoms with Gasteiger partial charge in [0.05, 0.1) is 7.11 Å². The molecule has 4 nitrogen and oxygen atoms in total. The molecule has 0 unspecified atom stereocenters. The van der Waals surface area contributed by atoms with Gasteiger partial charge in [-0.3, -0.25) is 0 Å². The number of carbonyl (C=O) groups excluding carboxylic acids is 2. The molecule has 74 valence electrons. The third-order valence-corrected chi connectivity index (χ3v) is 2.63. The van der Waals surface area contributed by atoms with Crippen molar-refractivity contribution in [2.75, 3.05) is 7.11 Å². The molecule has 1 saturated carbocycles. The molecule has 0 aromatic carbocycles. The van der Waals surface area contributed by atoms with Crippen LogP contribution in [0.4, 0.5) is 4.79 Å². The minimum absolute atomic E-state index is 0.0853. The van der Waals surface area contributed by atoms with E-state index in [4.69, 9.17) is 0 Å². The molecule has 1 aliphatic rings. The molecule has 0 aromatic rings. The second kappa shape index (κ2) is 4.25. The number of amides is 1. The third kappa shape index (κ3) is 2.44. The maximum absolute atomic E-state index is 10.8. The average Bonchev–Trinajstić information content (AvgIpc) is 2.46. The van der Waals surface area contributed by atoms with Crippen LogP contribution in [0.15, 0.2) is 0 Å². The van der Waals surface area contributed by atoms with Crippen molar-refractivity contribution < 1.29 is 14.3 Å². The second-order valence-electron chi connectivity index (χ2n) is 3.58. The molecule has 0 bridgehead atoms. The molecule has 4 heteroatoms. The lowest BCUT2D eigenvalue weighted by Gasteiger charge is -2.10. The predicted octanol–water partition coefficient (Wildman–Crippen LogP) is 0.956. The Morgan fingerprint density at radius 1 is 1.54 bits per heavy atom. The van der Waals surface area contributed by atoms with Crippen LogP contribution >= 0.6 is 0 Å². The first-order chi connectivity index (χ1) is 6.17. The van der Waals surface area contributed by atoms with Gasteiger partial charge in [-0.15, -0.1) is 0 Å². The number of nitrogens with one attached hydrogen (secondary N) is 1. The number of rotatable bonds is 2. The molecule has 13 heavy (non-hydrogen) atoms. The van der Waals surface area contributed by atoms with Crippen LogP contribution in [0.2, 0.25) is 0 Å². The summed E-state index contributed by atoms with van der Waals surface area (Å²) in [4.78, 5) is 21.4. The largest absolute Gasteiger partial charge is 0.453 e. The molecule has 1 N–H and O–H groups in total. The van der Waals surface area contributed by atoms with Crippen LogP contribution < -0.4 is 5.32 Å². The van der Waals surface area contributed by atoms with Crippen LogP contribution in [-0.2, 0) is 9.53 Å². The Hall–Kier alpha value is -1.06. The molecule has 3 atom stereocenters. The minimum atomic E-state index is -0.413. The maximum atomic E-state index is 10.8. The summed E-state index contributed by atoms with van der Waals surface area (Å²) in [5, 5.41) is 2.70. The number of hydrogen-bond donors (Lipinski definition) is 1. The zero-order valence-electron chi connectivity index (χ0n) is 7.95. The van der Waals surface area contributed by atoms with E-state index < -0.39 is 6.09 Å². The number of alkyl carbamates (subject to hydrolysis) is 1. The Labute approximate surface area is 77.6 Å². The minimum Gasteiger partial charge on any atom is -0.453 e. The molecule has 1 rings (SSSR count). The molecule has 1 aliphatic carbocycles. The SMILES string of the molecule is COC(=O)N[C@H]1C[C@H](C)[C@@H](C=O)C1. The summed E-state index contributed by atoms with van der Waals surface area (Å²) in [5.41, 5.74) is 0. The van der Waals surface area contributed by atoms with E-state index in [9.17, 15) is 9.59 Å². The fourth-order valence-corrected chi connectivity index (χ4v) is 1.81. The Balaban J connectivity index is 2.39. The molecule has 0 aromatic heterocycles. The first kappa shape index (κ1) is 10.0. The van der Waals surface area contributed by atoms with E-state index in [1.54, 1.807) is 0 Å². The first-order valence-electron chi connectivity index (χ1n) is 4.47. The van der Waals surface area contributed by atoms with Gasteiger partial charge in [0.25, 0.3) is 0 Å². The summed E-state index contributed by atoms with van der Waals surface area (Å²) < 4.78 is 4.48. The van der Waals surface area contributed by atoms with E-state index in [1.807, 2.05) is 6.92 Å². The third-order valence-electron chi connectivity index (χ3n) is 2.63. The highest BCUT2D eigenvalue weighted by molar-refractivity contribution is 5.67. The quantitative estimate of drug-likeness (QED) is 0.652. The van der Waals surface area contributed by atoms with Gasteiger partial charge in [-0.1, -0.05) is 6.92 Å². The number of carbonyl (C=O) groups is 2. The van der Waals surface area contributed by atoms with Crippen LogP contribution in [0, 0.1) is 11.8 Å². The predicted molar refractivity (Wildman–Crippen MR) is 47.3 cm³/mol. The van der Waals surface area contributed by atoms with Gasteiger partial charge in [-0.25, -0.2) is 4.79 Å². The van der Waals surface area contributed by atoms with E-state index in [0.717, 1.165) is 19.1 Å². The van der Waals surface area contributed by atoms with Crippen molar-refractivity contribution in [2.45, 2.75) is 25.8 Å². The molecular formula is C9H15NO3. The van der Waals surface area contributed by atoms with E-state index >= 15 is 0 Å². The summed E-state index contributed by atoms with van der Waals surface area (Å²) in [5.74, 6) is 0.446. The number of hydrogen-bond acceptors (Lipinski definition) is 3. The normalized spacial score (nSPS) is 32.6. The highest BCUT2D eigenvalue weighted by Crippen LogP contribution is 2.29. The highest BCUT2D eigenvalue weighted by atomic mass is 16.5. The zero-order chi connectivity index (χ0) is 9.84. The molecule has 1 amide bonds. The van der Waals surface area contributed by atoms with Crippen molar-refractivity contribution in [3.63, 3.8) is 0 Å². The second-order valence-corrected chi connectivity index (χ2v) is 3.58. The van der Waals surface area contributed by atoms with Crippen molar-refractivity contribution >= 4 is 12.4 Å². The summed E-state index contributed by atoms with van der Waals surface area (Å²) in [6.07, 6.45) is 2.16. The number of ether oxygens (including phenoxy) is 1. The van der Waals surface area contributed by atoms with Crippen LogP contribution in [0.25, 0.3) is 0 Å². The maximum Gasteiger partial charge on any atom is 0.407 e. The van der Waals surface area contributed by atoms with Crippen molar-refractivity contribution in [3.8, 4) is 0 Å². The van der Waals surface area contributed by atoms with E-state index in [2.05, 4.69) is 10.1 Å². The van der Waals surface area contributed by atoms with Crippen LogP contribution in [0.5, 0.6) is 0 Å². The average molecular weight is 185 g/mol. The van der Waals surface area contributed by atoms with E-state index in [-0.39, 0.29) is 12.0 Å². The lowest BCUT2D eigenvalue weighted by Crippen LogP contribution is -2.32. The Morgan fingerprint density at radius 3 is 2.69 bits per heavy atom. The Morgan fingerprint density at radius 2 is 2.23 bits per heavy atom. The van der Waals surface area contributed by atoms with Gasteiger partial charge in [-0.2, -0.15) is 0 Å². The van der Waals surface area contributed by atoms with Gasteiger partial charge < -0.3 is 14.8 Å². The first-order valence-corrected chi connectivity index (χ1v) is 4.47. The van der Waals surface area contributed by atoms with Gasteiger partial charge in [-0.05, 0) is 18.8 Å². The summed E-state index contributed by atoms with van der Waals surface area (Å²) in [6.45, 7) is 2.03. The van der Waals surface area contributed by atoms with Crippen LogP contribution in [0.3, 0.4) is 0 Å². The van der Waals surface area contributed by atoms with Gasteiger partial charge in [0.2, 0.25) is 0 Å². The van der Waals surface area contributed by atoms with Crippen LogP contribution in [0.1, 0.15) is 19.8 Å². The monoisotopic (exact) mass is 185 g/mol. The standard InChI is InChI=1S/C9H15NO3/c1-6-3-8(4-7(6)5-11)10-9(12)13-2/h5-8H,3-4H2,1-2H3,(H,10,12)/t6-,7+,8-/m0/s1. The Bertz CT molecular complexity index is 205. The fourth-order valence-electron chi connectivity index (χ4n) is 1.81. The fraction of sp³-hybridized carbons (Fsp3) is 0.778. The molecule has 0 heterocycles. The van der Waals surface area contributed by atoms with Crippen molar-refractivity contribution in [1.82, 2.24) is 5.32 Å². The molecule has 0 aliphatic heterocycles. The van der Waals surface area contributed by atoms with Crippen molar-refractivity contribution in [3.05, 3.63) is 0 Å². The zero-order valence-corrected chi connectivity index (χ0v) is 7.95. The van der Waals surface area contributed by atoms with Crippen LogP contribution in [-0.4, -0.2) is 25.5 Å². The van der Waals surface area contributed by atoms with E-state index in [0.29, 0.717) is 5.92 Å². The summed E-state index contributed by atoms with van der Waals surface area (Å²) >= 11 is 0. The molecule has 0 radical (unpaired) electrons. The lowest BCUT2D eigenvalue weighted by atomic mass is 10.0. The number of methoxy groups -OCH3 is 1. The molecule has 0 saturated heterocycles. The van der Waals surface area contributed by atoms with Crippen molar-refractivity contribution in [2.24, 2.45) is 11.8 Å². The Kier molecular flexibility index (Phi) is 3.28. The van der Waals surface area contributed by atoms with Gasteiger partial charge in [0.1, 0.15) is 6.29 Å². The van der Waals surface area contributed by atoms with Gasteiger partial charge >= 0.3 is 6.09 Å². The van der Waals surface area contributed by atoms with E-state index in [1.165, 1.54) is 7.11 Å². The van der Waals surface area contributed by atoms with Gasteiger partial charge in [0, 0.05) is 12.0 Å². The van der Waals surface area contributed by atoms with Gasteiger partial charge in [0.15, 0.2) is 0 Å². The molecule has 1 fully saturated rings. The topological polar surface area (TPSA) is 55.4 Å². The highest BCUT2D eigenvalue weighted by Gasteiger charge is 2.31. The lowest BCUT2D eigenvalue weighted by molar-refractivity contribution is -0.111. The summed E-state index contributed by atoms with van der Waals surface area (Å²) in [7, 11) is 1.34. The molecule has 0 spiro atoms. The number of aldehydes is 1.